The molecule has 0 aliphatic carbocycles. The molecular weight excluding hydrogens is 336 g/mol. The molecule has 5 nitrogen and oxygen atoms in total. The molecule has 6 heteroatoms. The van der Waals surface area contributed by atoms with Gasteiger partial charge in [-0.2, -0.15) is 0 Å². The van der Waals surface area contributed by atoms with Crippen LogP contribution in [-0.4, -0.2) is 28.9 Å². The van der Waals surface area contributed by atoms with Gasteiger partial charge in [0.1, 0.15) is 5.75 Å². The van der Waals surface area contributed by atoms with Gasteiger partial charge in [0.25, 0.3) is 5.91 Å². The second kappa shape index (κ2) is 6.94. The number of anilines is 1. The van der Waals surface area contributed by atoms with E-state index in [4.69, 9.17) is 0 Å². The SMILES string of the molecule is CC(=O)Nc1ccc(O)c(C(=O)N(C)Cc2csc3ccccc23)c1. The Labute approximate surface area is 149 Å². The van der Waals surface area contributed by atoms with E-state index in [1.54, 1.807) is 29.4 Å². The van der Waals surface area contributed by atoms with Gasteiger partial charge in [0.2, 0.25) is 5.91 Å². The highest BCUT2D eigenvalue weighted by molar-refractivity contribution is 7.17. The number of thiophene rings is 1. The molecule has 0 fully saturated rings. The minimum absolute atomic E-state index is 0.110. The van der Waals surface area contributed by atoms with E-state index in [0.717, 1.165) is 10.9 Å². The zero-order chi connectivity index (χ0) is 18.0. The Kier molecular flexibility index (Phi) is 4.72. The fourth-order valence-electron chi connectivity index (χ4n) is 2.68. The summed E-state index contributed by atoms with van der Waals surface area (Å²) in [5.41, 5.74) is 1.70. The van der Waals surface area contributed by atoms with Crippen LogP contribution in [-0.2, 0) is 11.3 Å². The van der Waals surface area contributed by atoms with E-state index in [1.807, 2.05) is 29.6 Å². The molecule has 1 heterocycles. The van der Waals surface area contributed by atoms with Crippen molar-refractivity contribution in [1.82, 2.24) is 4.90 Å². The fourth-order valence-corrected chi connectivity index (χ4v) is 3.63. The number of aromatic hydroxyl groups is 1. The first-order valence-electron chi connectivity index (χ1n) is 7.77. The van der Waals surface area contributed by atoms with Crippen molar-refractivity contribution in [2.45, 2.75) is 13.5 Å². The van der Waals surface area contributed by atoms with E-state index in [-0.39, 0.29) is 23.1 Å². The summed E-state index contributed by atoms with van der Waals surface area (Å²) in [5.74, 6) is -0.650. The highest BCUT2D eigenvalue weighted by atomic mass is 32.1. The molecule has 0 saturated heterocycles. The van der Waals surface area contributed by atoms with E-state index in [2.05, 4.69) is 5.32 Å². The summed E-state index contributed by atoms with van der Waals surface area (Å²) in [5, 5.41) is 15.8. The zero-order valence-electron chi connectivity index (χ0n) is 13.9. The van der Waals surface area contributed by atoms with Gasteiger partial charge in [-0.1, -0.05) is 18.2 Å². The average molecular weight is 354 g/mol. The van der Waals surface area contributed by atoms with Gasteiger partial charge in [0.05, 0.1) is 5.56 Å². The number of amides is 2. The van der Waals surface area contributed by atoms with Crippen LogP contribution in [0.3, 0.4) is 0 Å². The minimum Gasteiger partial charge on any atom is -0.507 e. The van der Waals surface area contributed by atoms with Gasteiger partial charge in [-0.3, -0.25) is 9.59 Å². The molecule has 0 saturated carbocycles. The first-order valence-corrected chi connectivity index (χ1v) is 8.65. The lowest BCUT2D eigenvalue weighted by molar-refractivity contribution is -0.114. The van der Waals surface area contributed by atoms with Crippen LogP contribution in [0.1, 0.15) is 22.8 Å². The number of nitrogens with one attached hydrogen (secondary N) is 1. The molecule has 1 aromatic heterocycles. The summed E-state index contributed by atoms with van der Waals surface area (Å²) < 4.78 is 1.17. The standard InChI is InChI=1S/C19H18N2O3S/c1-12(22)20-14-7-8-17(23)16(9-14)19(24)21(2)10-13-11-25-18-6-4-3-5-15(13)18/h3-9,11,23H,10H2,1-2H3,(H,20,22). The monoisotopic (exact) mass is 354 g/mol. The number of carbonyl (C=O) groups excluding carboxylic acids is 2. The van der Waals surface area contributed by atoms with Gasteiger partial charge in [0, 0.05) is 30.9 Å². The predicted octanol–water partition coefficient (Wildman–Crippen LogP) is 3.84. The third kappa shape index (κ3) is 3.64. The molecule has 25 heavy (non-hydrogen) atoms. The number of hydrogen-bond donors (Lipinski definition) is 2. The van der Waals surface area contributed by atoms with E-state index in [9.17, 15) is 14.7 Å². The Bertz CT molecular complexity index is 949. The highest BCUT2D eigenvalue weighted by Crippen LogP contribution is 2.28. The molecule has 0 unspecified atom stereocenters. The highest BCUT2D eigenvalue weighted by Gasteiger charge is 2.18. The van der Waals surface area contributed by atoms with Gasteiger partial charge < -0.3 is 15.3 Å². The van der Waals surface area contributed by atoms with Crippen LogP contribution >= 0.6 is 11.3 Å². The number of phenolic OH excluding ortho intramolecular Hbond substituents is 1. The molecule has 0 radical (unpaired) electrons. The van der Waals surface area contributed by atoms with Crippen LogP contribution in [0.15, 0.2) is 47.8 Å². The van der Waals surface area contributed by atoms with Crippen molar-refractivity contribution >= 4 is 38.9 Å². The lowest BCUT2D eigenvalue weighted by Gasteiger charge is -2.18. The molecule has 2 amide bonds. The molecule has 2 N–H and O–H groups in total. The number of nitrogens with zero attached hydrogens (tertiary/aromatic N) is 1. The molecule has 3 aromatic rings. The molecule has 0 bridgehead atoms. The smallest absolute Gasteiger partial charge is 0.257 e. The fraction of sp³-hybridized carbons (Fsp3) is 0.158. The summed E-state index contributed by atoms with van der Waals surface area (Å²) in [7, 11) is 1.69. The minimum atomic E-state index is -0.306. The van der Waals surface area contributed by atoms with Crippen molar-refractivity contribution in [2.75, 3.05) is 12.4 Å². The Morgan fingerprint density at radius 3 is 2.72 bits per heavy atom. The molecule has 128 valence electrons. The summed E-state index contributed by atoms with van der Waals surface area (Å²) in [6.07, 6.45) is 0. The largest absolute Gasteiger partial charge is 0.507 e. The second-order valence-corrected chi connectivity index (χ2v) is 6.74. The molecule has 0 aliphatic rings. The van der Waals surface area contributed by atoms with Crippen LogP contribution in [0.25, 0.3) is 10.1 Å². The first-order chi connectivity index (χ1) is 12.0. The van der Waals surface area contributed by atoms with Crippen molar-refractivity contribution in [2.24, 2.45) is 0 Å². The van der Waals surface area contributed by atoms with Crippen molar-refractivity contribution in [3.8, 4) is 5.75 Å². The number of fused-ring (bicyclic) bond motifs is 1. The van der Waals surface area contributed by atoms with Crippen LogP contribution in [0, 0.1) is 0 Å². The summed E-state index contributed by atoms with van der Waals surface area (Å²) in [6, 6.07) is 12.5. The number of rotatable bonds is 4. The quantitative estimate of drug-likeness (QED) is 0.700. The van der Waals surface area contributed by atoms with Crippen molar-refractivity contribution < 1.29 is 14.7 Å². The molecule has 0 atom stereocenters. The van der Waals surface area contributed by atoms with Crippen LogP contribution in [0.4, 0.5) is 5.69 Å². The average Bonchev–Trinajstić information content (AvgIpc) is 2.98. The Morgan fingerprint density at radius 1 is 1.20 bits per heavy atom. The van der Waals surface area contributed by atoms with E-state index < -0.39 is 0 Å². The third-order valence-electron chi connectivity index (χ3n) is 3.86. The van der Waals surface area contributed by atoms with E-state index >= 15 is 0 Å². The Balaban J connectivity index is 1.84. The third-order valence-corrected chi connectivity index (χ3v) is 4.88. The number of benzene rings is 2. The Hall–Kier alpha value is -2.86. The number of phenols is 1. The van der Waals surface area contributed by atoms with Crippen LogP contribution < -0.4 is 5.32 Å². The first kappa shape index (κ1) is 17.0. The normalized spacial score (nSPS) is 10.6. The van der Waals surface area contributed by atoms with Gasteiger partial charge in [-0.15, -0.1) is 11.3 Å². The topological polar surface area (TPSA) is 69.6 Å². The van der Waals surface area contributed by atoms with E-state index in [0.29, 0.717) is 12.2 Å². The summed E-state index contributed by atoms with van der Waals surface area (Å²) >= 11 is 1.64. The maximum Gasteiger partial charge on any atom is 0.257 e. The summed E-state index contributed by atoms with van der Waals surface area (Å²) in [6.45, 7) is 1.83. The molecule has 0 spiro atoms. The maximum absolute atomic E-state index is 12.7. The van der Waals surface area contributed by atoms with Crippen LogP contribution in [0.5, 0.6) is 5.75 Å². The molecular formula is C19H18N2O3S. The molecule has 2 aromatic carbocycles. The number of carbonyl (C=O) groups is 2. The van der Waals surface area contributed by atoms with Crippen molar-refractivity contribution in [3.63, 3.8) is 0 Å². The van der Waals surface area contributed by atoms with Gasteiger partial charge >= 0.3 is 0 Å². The molecule has 3 rings (SSSR count). The van der Waals surface area contributed by atoms with Gasteiger partial charge in [0.15, 0.2) is 0 Å². The van der Waals surface area contributed by atoms with Gasteiger partial charge in [-0.05, 0) is 40.6 Å². The van der Waals surface area contributed by atoms with Gasteiger partial charge in [-0.25, -0.2) is 0 Å². The van der Waals surface area contributed by atoms with Crippen LogP contribution in [0.2, 0.25) is 0 Å². The lowest BCUT2D eigenvalue weighted by Crippen LogP contribution is -2.26. The Morgan fingerprint density at radius 2 is 1.96 bits per heavy atom. The van der Waals surface area contributed by atoms with Crippen molar-refractivity contribution in [3.05, 3.63) is 59.0 Å². The lowest BCUT2D eigenvalue weighted by atomic mass is 10.1. The predicted molar refractivity (Wildman–Crippen MR) is 100 cm³/mol. The van der Waals surface area contributed by atoms with Crippen molar-refractivity contribution in [1.29, 1.82) is 0 Å². The maximum atomic E-state index is 12.7. The zero-order valence-corrected chi connectivity index (χ0v) is 14.8. The summed E-state index contributed by atoms with van der Waals surface area (Å²) in [4.78, 5) is 25.5. The molecule has 0 aliphatic heterocycles. The number of hydrogen-bond acceptors (Lipinski definition) is 4. The van der Waals surface area contributed by atoms with E-state index in [1.165, 1.54) is 23.8 Å². The second-order valence-electron chi connectivity index (χ2n) is 5.83.